The number of nitro benzene ring substituents is 1. The van der Waals surface area contributed by atoms with E-state index in [4.69, 9.17) is 4.74 Å². The number of aliphatic hydroxyl groups is 1. The molecule has 29 heavy (non-hydrogen) atoms. The van der Waals surface area contributed by atoms with Crippen LogP contribution in [0.1, 0.15) is 30.6 Å². The number of aliphatic hydroxyl groups excluding tert-OH is 1. The first-order chi connectivity index (χ1) is 13.9. The molecule has 0 saturated carbocycles. The molecule has 0 amide bonds. The van der Waals surface area contributed by atoms with Crippen LogP contribution in [0.2, 0.25) is 0 Å². The maximum absolute atomic E-state index is 11.9. The lowest BCUT2D eigenvalue weighted by molar-refractivity contribution is -0.387. The highest BCUT2D eigenvalue weighted by Crippen LogP contribution is 2.42. The van der Waals surface area contributed by atoms with E-state index in [-0.39, 0.29) is 11.7 Å². The number of nitrogens with zero attached hydrogens (tertiary/aromatic N) is 1. The highest BCUT2D eigenvalue weighted by atomic mass is 32.2. The molecule has 0 bridgehead atoms. The van der Waals surface area contributed by atoms with Gasteiger partial charge in [-0.2, -0.15) is 0 Å². The predicted molar refractivity (Wildman–Crippen MR) is 107 cm³/mol. The molecule has 0 spiro atoms. The largest absolute Gasteiger partial charge is 0.467 e. The smallest absolute Gasteiger partial charge is 0.336 e. The molecule has 0 heterocycles. The van der Waals surface area contributed by atoms with E-state index >= 15 is 0 Å². The van der Waals surface area contributed by atoms with Crippen LogP contribution >= 0.6 is 11.8 Å². The normalized spacial score (nSPS) is 12.7. The summed E-state index contributed by atoms with van der Waals surface area (Å²) in [6.07, 6.45) is -0.603. The molecule has 9 heteroatoms. The maximum atomic E-state index is 11.9. The van der Waals surface area contributed by atoms with E-state index in [2.05, 4.69) is 4.74 Å². The molecular formula is C20H21NO7S. The van der Waals surface area contributed by atoms with Gasteiger partial charge in [-0.15, -0.1) is 11.8 Å². The van der Waals surface area contributed by atoms with Crippen LogP contribution in [0.5, 0.6) is 5.75 Å². The van der Waals surface area contributed by atoms with Crippen LogP contribution < -0.4 is 4.74 Å². The van der Waals surface area contributed by atoms with Crippen molar-refractivity contribution in [3.63, 3.8) is 0 Å². The third-order valence-corrected chi connectivity index (χ3v) is 5.32. The summed E-state index contributed by atoms with van der Waals surface area (Å²) in [4.78, 5) is 34.6. The van der Waals surface area contributed by atoms with E-state index in [1.807, 2.05) is 6.92 Å². The molecule has 154 valence electrons. The van der Waals surface area contributed by atoms with Crippen molar-refractivity contribution >= 4 is 29.4 Å². The van der Waals surface area contributed by atoms with Crippen LogP contribution in [0.15, 0.2) is 53.4 Å². The number of rotatable bonds is 9. The van der Waals surface area contributed by atoms with Crippen LogP contribution in [0, 0.1) is 10.1 Å². The molecule has 2 atom stereocenters. The van der Waals surface area contributed by atoms with E-state index in [1.54, 1.807) is 36.4 Å². The number of hydrogen-bond donors (Lipinski definition) is 1. The third-order valence-electron chi connectivity index (χ3n) is 3.94. The molecule has 2 aromatic carbocycles. The summed E-state index contributed by atoms with van der Waals surface area (Å²) >= 11 is 0.976. The lowest BCUT2D eigenvalue weighted by atomic mass is 10.1. The number of para-hydroxylation sites is 1. The fourth-order valence-corrected chi connectivity index (χ4v) is 3.74. The summed E-state index contributed by atoms with van der Waals surface area (Å²) in [6.45, 7) is 1.86. The van der Waals surface area contributed by atoms with Crippen LogP contribution in [-0.2, 0) is 14.3 Å². The molecule has 1 N–H and O–H groups in total. The van der Waals surface area contributed by atoms with E-state index in [9.17, 15) is 24.8 Å². The van der Waals surface area contributed by atoms with Gasteiger partial charge >= 0.3 is 11.9 Å². The zero-order valence-electron chi connectivity index (χ0n) is 15.9. The van der Waals surface area contributed by atoms with Gasteiger partial charge in [-0.05, 0) is 30.2 Å². The van der Waals surface area contributed by atoms with Crippen molar-refractivity contribution in [1.82, 2.24) is 0 Å². The van der Waals surface area contributed by atoms with Crippen molar-refractivity contribution in [2.75, 3.05) is 7.11 Å². The van der Waals surface area contributed by atoms with Gasteiger partial charge in [0.2, 0.25) is 0 Å². The van der Waals surface area contributed by atoms with Gasteiger partial charge in [0, 0.05) is 12.5 Å². The average Bonchev–Trinajstić information content (AvgIpc) is 2.72. The fraction of sp³-hybridized carbons (Fsp3) is 0.300. The molecular weight excluding hydrogens is 398 g/mol. The SMILES string of the molecule is CCCC(=O)Oc1ccc([C@H](Sc2ccccc2[N+](=O)[O-])[C@@H](O)C(=O)OC)cc1. The van der Waals surface area contributed by atoms with Gasteiger partial charge in [-0.1, -0.05) is 31.2 Å². The number of hydrogen-bond acceptors (Lipinski definition) is 8. The Bertz CT molecular complexity index is 869. The summed E-state index contributed by atoms with van der Waals surface area (Å²) < 4.78 is 9.83. The number of benzene rings is 2. The van der Waals surface area contributed by atoms with Gasteiger partial charge in [0.15, 0.2) is 6.10 Å². The second-order valence-corrected chi connectivity index (χ2v) is 7.21. The molecule has 0 radical (unpaired) electrons. The van der Waals surface area contributed by atoms with E-state index < -0.39 is 22.2 Å². The standard InChI is InChI=1S/C20H21NO7S/c1-3-6-17(22)28-14-11-9-13(10-12-14)19(18(23)20(24)27-2)29-16-8-5-4-7-15(16)21(25)26/h4-5,7-12,18-19,23H,3,6H2,1-2H3/t18-,19+/m1/s1. The lowest BCUT2D eigenvalue weighted by Gasteiger charge is -2.21. The molecule has 0 saturated heterocycles. The zero-order valence-corrected chi connectivity index (χ0v) is 16.8. The molecule has 2 rings (SSSR count). The number of methoxy groups -OCH3 is 1. The molecule has 2 aromatic rings. The lowest BCUT2D eigenvalue weighted by Crippen LogP contribution is -2.27. The first kappa shape index (κ1) is 22.4. The molecule has 0 unspecified atom stereocenters. The maximum Gasteiger partial charge on any atom is 0.336 e. The first-order valence-corrected chi connectivity index (χ1v) is 9.72. The minimum absolute atomic E-state index is 0.135. The summed E-state index contributed by atoms with van der Waals surface area (Å²) in [5, 5.41) is 20.9. The number of carbonyl (C=O) groups excluding carboxylic acids is 2. The number of nitro groups is 1. The minimum Gasteiger partial charge on any atom is -0.467 e. The van der Waals surface area contributed by atoms with Crippen LogP contribution in [0.25, 0.3) is 0 Å². The minimum atomic E-state index is -1.56. The van der Waals surface area contributed by atoms with E-state index in [0.29, 0.717) is 29.1 Å². The topological polar surface area (TPSA) is 116 Å². The Balaban J connectivity index is 2.33. The second-order valence-electron chi connectivity index (χ2n) is 6.02. The van der Waals surface area contributed by atoms with Crippen molar-refractivity contribution in [1.29, 1.82) is 0 Å². The van der Waals surface area contributed by atoms with Gasteiger partial charge in [0.1, 0.15) is 5.75 Å². The molecule has 0 aromatic heterocycles. The Hall–Kier alpha value is -2.91. The number of carbonyl (C=O) groups is 2. The number of ether oxygens (including phenoxy) is 2. The van der Waals surface area contributed by atoms with E-state index in [1.165, 1.54) is 12.1 Å². The Labute approximate surface area is 172 Å². The number of esters is 2. The molecule has 0 fully saturated rings. The summed E-state index contributed by atoms with van der Waals surface area (Å²) in [5.41, 5.74) is 0.381. The average molecular weight is 419 g/mol. The van der Waals surface area contributed by atoms with Crippen molar-refractivity contribution in [3.05, 3.63) is 64.2 Å². The van der Waals surface area contributed by atoms with Gasteiger partial charge in [0.25, 0.3) is 5.69 Å². The van der Waals surface area contributed by atoms with Gasteiger partial charge in [0.05, 0.1) is 22.2 Å². The van der Waals surface area contributed by atoms with Crippen LogP contribution in [0.3, 0.4) is 0 Å². The summed E-state index contributed by atoms with van der Waals surface area (Å²) in [6, 6.07) is 12.3. The fourth-order valence-electron chi connectivity index (χ4n) is 2.52. The zero-order chi connectivity index (χ0) is 21.4. The van der Waals surface area contributed by atoms with Gasteiger partial charge in [-0.25, -0.2) is 4.79 Å². The quantitative estimate of drug-likeness (QED) is 0.215. The van der Waals surface area contributed by atoms with Crippen molar-refractivity contribution in [2.45, 2.75) is 36.0 Å². The van der Waals surface area contributed by atoms with Crippen molar-refractivity contribution < 1.29 is 29.1 Å². The monoisotopic (exact) mass is 419 g/mol. The molecule has 8 nitrogen and oxygen atoms in total. The Morgan fingerprint density at radius 3 is 2.41 bits per heavy atom. The molecule has 0 aliphatic heterocycles. The van der Waals surface area contributed by atoms with Crippen molar-refractivity contribution in [2.24, 2.45) is 0 Å². The highest BCUT2D eigenvalue weighted by Gasteiger charge is 2.31. The first-order valence-electron chi connectivity index (χ1n) is 8.84. The Kier molecular flexibility index (Phi) is 8.17. The van der Waals surface area contributed by atoms with Crippen LogP contribution in [0.4, 0.5) is 5.69 Å². The summed E-state index contributed by atoms with van der Waals surface area (Å²) in [5.74, 6) is -0.894. The number of thioether (sulfide) groups is 1. The van der Waals surface area contributed by atoms with Gasteiger partial charge < -0.3 is 14.6 Å². The summed E-state index contributed by atoms with van der Waals surface area (Å²) in [7, 11) is 1.15. The highest BCUT2D eigenvalue weighted by molar-refractivity contribution is 7.99. The Morgan fingerprint density at radius 2 is 1.83 bits per heavy atom. The third kappa shape index (κ3) is 6.03. The Morgan fingerprint density at radius 1 is 1.17 bits per heavy atom. The van der Waals surface area contributed by atoms with E-state index in [0.717, 1.165) is 18.9 Å². The predicted octanol–water partition coefficient (Wildman–Crippen LogP) is 3.67. The molecule has 0 aliphatic rings. The molecule has 0 aliphatic carbocycles. The second kappa shape index (κ2) is 10.6. The van der Waals surface area contributed by atoms with Gasteiger partial charge in [-0.3, -0.25) is 14.9 Å². The van der Waals surface area contributed by atoms with Crippen molar-refractivity contribution in [3.8, 4) is 5.75 Å². The van der Waals surface area contributed by atoms with Crippen LogP contribution in [-0.4, -0.2) is 35.2 Å².